The summed E-state index contributed by atoms with van der Waals surface area (Å²) in [6.45, 7) is 7.56. The Bertz CT molecular complexity index is 499. The quantitative estimate of drug-likeness (QED) is 0.583. The summed E-state index contributed by atoms with van der Waals surface area (Å²) in [6, 6.07) is 0. The Morgan fingerprint density at radius 2 is 1.14 bits per heavy atom. The Kier molecular flexibility index (Phi) is 3.79. The zero-order chi connectivity index (χ0) is 16.1. The van der Waals surface area contributed by atoms with Gasteiger partial charge in [0.2, 0.25) is 0 Å². The predicted octanol–water partition coefficient (Wildman–Crippen LogP) is 1.64. The van der Waals surface area contributed by atoms with Gasteiger partial charge < -0.3 is 20.4 Å². The molecule has 0 fully saturated rings. The highest BCUT2D eigenvalue weighted by molar-refractivity contribution is 5.44. The van der Waals surface area contributed by atoms with Gasteiger partial charge >= 0.3 is 0 Å². The van der Waals surface area contributed by atoms with Crippen LogP contribution in [0.25, 0.3) is 0 Å². The SMILES string of the molecule is CC1C=C(C(C)(C)C2=CC(C)C(O)(O)C=C2)C=CC1(O)O. The first kappa shape index (κ1) is 16.2. The van der Waals surface area contributed by atoms with Crippen LogP contribution >= 0.6 is 0 Å². The summed E-state index contributed by atoms with van der Waals surface area (Å²) in [5.74, 6) is -4.43. The van der Waals surface area contributed by atoms with Crippen LogP contribution in [0.5, 0.6) is 0 Å². The molecule has 2 rings (SSSR count). The summed E-state index contributed by atoms with van der Waals surface area (Å²) >= 11 is 0. The highest BCUT2D eigenvalue weighted by Gasteiger charge is 2.37. The van der Waals surface area contributed by atoms with E-state index in [1.54, 1.807) is 26.0 Å². The van der Waals surface area contributed by atoms with Gasteiger partial charge in [-0.2, -0.15) is 0 Å². The molecule has 0 bridgehead atoms. The van der Waals surface area contributed by atoms with Crippen LogP contribution in [-0.2, 0) is 0 Å². The normalized spacial score (nSPS) is 30.9. The molecule has 116 valence electrons. The summed E-state index contributed by atoms with van der Waals surface area (Å²) in [6.07, 6.45) is 9.93. The van der Waals surface area contributed by atoms with Crippen molar-refractivity contribution in [2.24, 2.45) is 17.3 Å². The first-order chi connectivity index (χ1) is 9.47. The van der Waals surface area contributed by atoms with Crippen molar-refractivity contribution in [3.63, 3.8) is 0 Å². The second-order valence-corrected chi connectivity index (χ2v) is 6.68. The van der Waals surface area contributed by atoms with E-state index in [9.17, 15) is 20.4 Å². The van der Waals surface area contributed by atoms with E-state index in [-0.39, 0.29) is 5.41 Å². The number of hydrogen-bond donors (Lipinski definition) is 4. The molecule has 0 aromatic heterocycles. The van der Waals surface area contributed by atoms with Crippen molar-refractivity contribution in [3.8, 4) is 0 Å². The molecule has 0 aromatic rings. The molecule has 0 radical (unpaired) electrons. The summed E-state index contributed by atoms with van der Waals surface area (Å²) in [7, 11) is 0. The van der Waals surface area contributed by atoms with Gasteiger partial charge in [-0.25, -0.2) is 0 Å². The monoisotopic (exact) mass is 292 g/mol. The van der Waals surface area contributed by atoms with E-state index in [0.717, 1.165) is 11.1 Å². The fourth-order valence-electron chi connectivity index (χ4n) is 2.62. The van der Waals surface area contributed by atoms with Crippen molar-refractivity contribution >= 4 is 0 Å². The van der Waals surface area contributed by atoms with Crippen LogP contribution in [0.3, 0.4) is 0 Å². The van der Waals surface area contributed by atoms with Crippen molar-refractivity contribution in [3.05, 3.63) is 47.6 Å². The largest absolute Gasteiger partial charge is 0.362 e. The molecule has 4 nitrogen and oxygen atoms in total. The van der Waals surface area contributed by atoms with Gasteiger partial charge in [0.25, 0.3) is 0 Å². The molecule has 0 saturated heterocycles. The van der Waals surface area contributed by atoms with Crippen LogP contribution in [0.4, 0.5) is 0 Å². The molecule has 21 heavy (non-hydrogen) atoms. The lowest BCUT2D eigenvalue weighted by molar-refractivity contribution is -0.144. The molecule has 0 spiro atoms. The van der Waals surface area contributed by atoms with Crippen molar-refractivity contribution in [2.75, 3.05) is 0 Å². The smallest absolute Gasteiger partial charge is 0.189 e. The van der Waals surface area contributed by atoms with Crippen LogP contribution in [0.1, 0.15) is 27.7 Å². The second kappa shape index (κ2) is 4.92. The number of allylic oxidation sites excluding steroid dienone is 4. The average molecular weight is 292 g/mol. The molecule has 0 heterocycles. The average Bonchev–Trinajstić information content (AvgIpc) is 2.35. The predicted molar refractivity (Wildman–Crippen MR) is 80.9 cm³/mol. The van der Waals surface area contributed by atoms with Crippen molar-refractivity contribution in [1.82, 2.24) is 0 Å². The van der Waals surface area contributed by atoms with Gasteiger partial charge in [-0.15, -0.1) is 0 Å². The fraction of sp³-hybridized carbons (Fsp3) is 0.529. The summed E-state index contributed by atoms with van der Waals surface area (Å²) in [5, 5.41) is 39.1. The Hall–Kier alpha value is -1.20. The van der Waals surface area contributed by atoms with E-state index in [2.05, 4.69) is 0 Å². The van der Waals surface area contributed by atoms with Crippen LogP contribution in [0.2, 0.25) is 0 Å². The van der Waals surface area contributed by atoms with Crippen molar-refractivity contribution < 1.29 is 20.4 Å². The highest BCUT2D eigenvalue weighted by Crippen LogP contribution is 2.43. The van der Waals surface area contributed by atoms with Crippen LogP contribution < -0.4 is 0 Å². The third-order valence-corrected chi connectivity index (χ3v) is 4.66. The van der Waals surface area contributed by atoms with Gasteiger partial charge in [0.15, 0.2) is 11.6 Å². The number of rotatable bonds is 2. The third kappa shape index (κ3) is 2.90. The first-order valence-corrected chi connectivity index (χ1v) is 7.19. The zero-order valence-electron chi connectivity index (χ0n) is 12.9. The summed E-state index contributed by atoms with van der Waals surface area (Å²) < 4.78 is 0. The number of aliphatic hydroxyl groups is 4. The molecule has 0 amide bonds. The maximum Gasteiger partial charge on any atom is 0.189 e. The fourth-order valence-corrected chi connectivity index (χ4v) is 2.62. The van der Waals surface area contributed by atoms with Crippen LogP contribution in [-0.4, -0.2) is 32.0 Å². The van der Waals surface area contributed by atoms with E-state index in [1.807, 2.05) is 26.0 Å². The van der Waals surface area contributed by atoms with E-state index < -0.39 is 23.4 Å². The maximum absolute atomic E-state index is 9.78. The van der Waals surface area contributed by atoms with Gasteiger partial charge in [-0.3, -0.25) is 0 Å². The molecule has 2 aliphatic rings. The van der Waals surface area contributed by atoms with Gasteiger partial charge in [0.05, 0.1) is 0 Å². The van der Waals surface area contributed by atoms with E-state index in [1.165, 1.54) is 12.2 Å². The molecule has 4 heteroatoms. The molecule has 0 aliphatic heterocycles. The van der Waals surface area contributed by atoms with E-state index in [0.29, 0.717) is 0 Å². The standard InChI is InChI=1S/C17H24O4/c1-11-9-13(5-7-16(11,18)19)15(3,4)14-6-8-17(20,21)12(2)10-14/h5-12,18-21H,1-4H3. The lowest BCUT2D eigenvalue weighted by Crippen LogP contribution is -2.37. The lowest BCUT2D eigenvalue weighted by Gasteiger charge is -2.37. The first-order valence-electron chi connectivity index (χ1n) is 7.19. The highest BCUT2D eigenvalue weighted by atomic mass is 16.5. The molecule has 4 N–H and O–H groups in total. The lowest BCUT2D eigenvalue weighted by atomic mass is 9.71. The van der Waals surface area contributed by atoms with Gasteiger partial charge in [0.1, 0.15) is 0 Å². The van der Waals surface area contributed by atoms with E-state index in [4.69, 9.17) is 0 Å². The van der Waals surface area contributed by atoms with Crippen molar-refractivity contribution in [1.29, 1.82) is 0 Å². The molecule has 2 unspecified atom stereocenters. The second-order valence-electron chi connectivity index (χ2n) is 6.68. The Morgan fingerprint density at radius 3 is 1.43 bits per heavy atom. The molecule has 2 atom stereocenters. The molecular weight excluding hydrogens is 268 g/mol. The molecule has 0 aromatic carbocycles. The summed E-state index contributed by atoms with van der Waals surface area (Å²) in [4.78, 5) is 0. The maximum atomic E-state index is 9.78. The number of hydrogen-bond acceptors (Lipinski definition) is 4. The van der Waals surface area contributed by atoms with Gasteiger partial charge in [-0.1, -0.05) is 52.0 Å². The minimum atomic E-state index is -1.81. The third-order valence-electron chi connectivity index (χ3n) is 4.66. The van der Waals surface area contributed by atoms with Crippen LogP contribution in [0, 0.1) is 17.3 Å². The topological polar surface area (TPSA) is 80.9 Å². The Morgan fingerprint density at radius 1 is 0.810 bits per heavy atom. The Balaban J connectivity index is 2.33. The molecule has 2 aliphatic carbocycles. The van der Waals surface area contributed by atoms with Crippen LogP contribution in [0.15, 0.2) is 47.6 Å². The van der Waals surface area contributed by atoms with E-state index >= 15 is 0 Å². The minimum absolute atomic E-state index is 0.359. The Labute approximate surface area is 125 Å². The zero-order valence-corrected chi connectivity index (χ0v) is 12.9. The van der Waals surface area contributed by atoms with Gasteiger partial charge in [-0.05, 0) is 23.3 Å². The van der Waals surface area contributed by atoms with Gasteiger partial charge in [0, 0.05) is 17.3 Å². The molecular formula is C17H24O4. The van der Waals surface area contributed by atoms with Crippen molar-refractivity contribution in [2.45, 2.75) is 39.3 Å². The summed E-state index contributed by atoms with van der Waals surface area (Å²) in [5.41, 5.74) is 1.59. The minimum Gasteiger partial charge on any atom is -0.362 e. The molecule has 0 saturated carbocycles.